The fourth-order valence-corrected chi connectivity index (χ4v) is 2.68. The molecule has 1 atom stereocenters. The number of alkyl carbamates (subject to hydrolysis) is 1. The van der Waals surface area contributed by atoms with Crippen LogP contribution in [-0.4, -0.2) is 42.8 Å². The van der Waals surface area contributed by atoms with Crippen molar-refractivity contribution >= 4 is 35.4 Å². The fourth-order valence-electron chi connectivity index (χ4n) is 2.68. The SMILES string of the molecule is COC(=O)[C@H](Cc1c[nH]c2c([B-](F)(F)F)cccc12)NC(=O)OC(C)(C)C. The number of H-pyrrole nitrogens is 1. The lowest BCUT2D eigenvalue weighted by molar-refractivity contribution is -0.143. The number of aromatic nitrogens is 1. The van der Waals surface area contributed by atoms with Crippen LogP contribution in [0.2, 0.25) is 0 Å². The van der Waals surface area contributed by atoms with Crippen LogP contribution in [0.1, 0.15) is 26.3 Å². The van der Waals surface area contributed by atoms with Crippen molar-refractivity contribution in [3.8, 4) is 0 Å². The number of methoxy groups -OCH3 is 1. The lowest BCUT2D eigenvalue weighted by atomic mass is 9.78. The summed E-state index contributed by atoms with van der Waals surface area (Å²) in [4.78, 5) is 26.6. The molecule has 1 heterocycles. The number of para-hydroxylation sites is 1. The highest BCUT2D eigenvalue weighted by atomic mass is 19.4. The molecule has 27 heavy (non-hydrogen) atoms. The summed E-state index contributed by atoms with van der Waals surface area (Å²) in [6.45, 7) is -0.193. The number of hydrogen-bond acceptors (Lipinski definition) is 4. The predicted octanol–water partition coefficient (Wildman–Crippen LogP) is 2.83. The first-order valence-electron chi connectivity index (χ1n) is 8.28. The average molecular weight is 385 g/mol. The number of fused-ring (bicyclic) bond motifs is 1. The Balaban J connectivity index is 2.30. The molecule has 0 aliphatic rings. The number of halogens is 3. The number of nitrogens with one attached hydrogen (secondary N) is 2. The van der Waals surface area contributed by atoms with Gasteiger partial charge in [-0.3, -0.25) is 0 Å². The van der Waals surface area contributed by atoms with E-state index in [0.29, 0.717) is 10.9 Å². The van der Waals surface area contributed by atoms with Crippen molar-refractivity contribution in [3.05, 3.63) is 30.0 Å². The van der Waals surface area contributed by atoms with Crippen LogP contribution >= 0.6 is 0 Å². The predicted molar refractivity (Wildman–Crippen MR) is 95.9 cm³/mol. The topological polar surface area (TPSA) is 80.4 Å². The molecule has 2 N–H and O–H groups in total. The molecule has 0 saturated heterocycles. The van der Waals surface area contributed by atoms with E-state index in [9.17, 15) is 22.5 Å². The molecule has 2 rings (SSSR count). The van der Waals surface area contributed by atoms with Gasteiger partial charge in [-0.15, -0.1) is 0 Å². The Morgan fingerprint density at radius 1 is 1.26 bits per heavy atom. The van der Waals surface area contributed by atoms with Gasteiger partial charge in [-0.1, -0.05) is 23.7 Å². The molecular weight excluding hydrogens is 364 g/mol. The summed E-state index contributed by atoms with van der Waals surface area (Å²) in [7, 11) is 1.16. The van der Waals surface area contributed by atoms with Gasteiger partial charge in [-0.25, -0.2) is 9.59 Å². The summed E-state index contributed by atoms with van der Waals surface area (Å²) in [5.41, 5.74) is -1.12. The normalized spacial score (nSPS) is 13.3. The lowest BCUT2D eigenvalue weighted by Gasteiger charge is -2.22. The maximum Gasteiger partial charge on any atom is 0.511 e. The molecule has 1 amide bonds. The Bertz CT molecular complexity index is 843. The number of aromatic amines is 1. The largest absolute Gasteiger partial charge is 0.511 e. The highest BCUT2D eigenvalue weighted by Crippen LogP contribution is 2.22. The third-order valence-corrected chi connectivity index (χ3v) is 3.79. The number of rotatable bonds is 5. The van der Waals surface area contributed by atoms with Crippen LogP contribution in [0.25, 0.3) is 10.9 Å². The third kappa shape index (κ3) is 5.18. The second-order valence-corrected chi connectivity index (χ2v) is 7.08. The van der Waals surface area contributed by atoms with Crippen LogP contribution in [-0.2, 0) is 20.7 Å². The van der Waals surface area contributed by atoms with Crippen LogP contribution in [0.15, 0.2) is 24.4 Å². The number of esters is 1. The third-order valence-electron chi connectivity index (χ3n) is 3.79. The molecule has 1 aromatic carbocycles. The number of benzene rings is 1. The van der Waals surface area contributed by atoms with Crippen molar-refractivity contribution < 1.29 is 32.0 Å². The van der Waals surface area contributed by atoms with E-state index in [4.69, 9.17) is 4.74 Å². The van der Waals surface area contributed by atoms with Gasteiger partial charge in [0, 0.05) is 18.1 Å². The lowest BCUT2D eigenvalue weighted by Crippen LogP contribution is -2.45. The molecule has 1 aromatic heterocycles. The van der Waals surface area contributed by atoms with Gasteiger partial charge in [0.2, 0.25) is 0 Å². The van der Waals surface area contributed by atoms with Gasteiger partial charge in [0.15, 0.2) is 0 Å². The second kappa shape index (κ2) is 7.54. The smallest absolute Gasteiger partial charge is 0.467 e. The monoisotopic (exact) mass is 385 g/mol. The van der Waals surface area contributed by atoms with Crippen molar-refractivity contribution in [2.75, 3.05) is 7.11 Å². The quantitative estimate of drug-likeness (QED) is 0.613. The molecule has 6 nitrogen and oxygen atoms in total. The highest BCUT2D eigenvalue weighted by molar-refractivity contribution is 6.75. The number of carbonyl (C=O) groups excluding carboxylic acids is 2. The molecule has 0 radical (unpaired) electrons. The van der Waals surface area contributed by atoms with Crippen molar-refractivity contribution in [3.63, 3.8) is 0 Å². The van der Waals surface area contributed by atoms with E-state index < -0.39 is 36.1 Å². The molecule has 0 aliphatic heterocycles. The number of ether oxygens (including phenoxy) is 2. The zero-order chi connectivity index (χ0) is 20.4. The minimum Gasteiger partial charge on any atom is -0.467 e. The van der Waals surface area contributed by atoms with Gasteiger partial charge in [0.05, 0.1) is 7.11 Å². The molecule has 0 unspecified atom stereocenters. The summed E-state index contributed by atoms with van der Waals surface area (Å²) in [6, 6.07) is 2.72. The van der Waals surface area contributed by atoms with Gasteiger partial charge in [-0.2, -0.15) is 0 Å². The first-order chi connectivity index (χ1) is 12.4. The summed E-state index contributed by atoms with van der Waals surface area (Å²) >= 11 is 0. The van der Waals surface area contributed by atoms with Crippen LogP contribution in [0.3, 0.4) is 0 Å². The van der Waals surface area contributed by atoms with E-state index in [-0.39, 0.29) is 11.9 Å². The maximum atomic E-state index is 13.2. The van der Waals surface area contributed by atoms with Gasteiger partial charge < -0.3 is 32.7 Å². The number of carbonyl (C=O) groups is 2. The standard InChI is InChI=1S/C17H21BF3N2O4/c1-17(2,3)27-16(25)23-13(15(24)26-4)8-10-9-22-14-11(10)6-5-7-12(14)18(19,20)21/h5-7,9,13,22H,8H2,1-4H3,(H,23,25)/q-1/t13-/m0/s1. The van der Waals surface area contributed by atoms with Crippen molar-refractivity contribution in [2.24, 2.45) is 0 Å². The molecule has 0 fully saturated rings. The average Bonchev–Trinajstić information content (AvgIpc) is 2.93. The van der Waals surface area contributed by atoms with Crippen LogP contribution in [0.4, 0.5) is 17.7 Å². The zero-order valence-electron chi connectivity index (χ0n) is 15.4. The molecule has 0 spiro atoms. The Morgan fingerprint density at radius 2 is 1.93 bits per heavy atom. The maximum absolute atomic E-state index is 13.2. The highest BCUT2D eigenvalue weighted by Gasteiger charge is 2.30. The van der Waals surface area contributed by atoms with Gasteiger partial charge in [0.1, 0.15) is 11.6 Å². The molecule has 148 valence electrons. The first kappa shape index (κ1) is 20.7. The Kier molecular flexibility index (Phi) is 5.77. The molecule has 0 saturated carbocycles. The van der Waals surface area contributed by atoms with Gasteiger partial charge in [-0.05, 0) is 31.7 Å². The first-order valence-corrected chi connectivity index (χ1v) is 8.28. The van der Waals surface area contributed by atoms with Crippen LogP contribution < -0.4 is 10.8 Å². The van der Waals surface area contributed by atoms with E-state index in [2.05, 4.69) is 15.0 Å². The molecule has 0 bridgehead atoms. The molecule has 2 aromatic rings. The van der Waals surface area contributed by atoms with E-state index in [0.717, 1.165) is 13.2 Å². The fraction of sp³-hybridized carbons (Fsp3) is 0.412. The summed E-state index contributed by atoms with van der Waals surface area (Å²) in [5.74, 6) is -0.730. The summed E-state index contributed by atoms with van der Waals surface area (Å²) in [6.07, 6.45) is 0.514. The van der Waals surface area contributed by atoms with E-state index in [1.807, 2.05) is 0 Å². The summed E-state index contributed by atoms with van der Waals surface area (Å²) < 4.78 is 49.4. The number of amides is 1. The van der Waals surface area contributed by atoms with Gasteiger partial charge in [0.25, 0.3) is 0 Å². The van der Waals surface area contributed by atoms with E-state index in [1.165, 1.54) is 18.3 Å². The number of hydrogen-bond donors (Lipinski definition) is 2. The minimum absolute atomic E-state index is 0.0547. The van der Waals surface area contributed by atoms with Gasteiger partial charge >= 0.3 is 19.0 Å². The van der Waals surface area contributed by atoms with Crippen molar-refractivity contribution in [1.82, 2.24) is 10.3 Å². The van der Waals surface area contributed by atoms with Crippen molar-refractivity contribution in [1.29, 1.82) is 0 Å². The Morgan fingerprint density at radius 3 is 2.48 bits per heavy atom. The van der Waals surface area contributed by atoms with Crippen molar-refractivity contribution in [2.45, 2.75) is 38.8 Å². The van der Waals surface area contributed by atoms with E-state index in [1.54, 1.807) is 20.8 Å². The molecule has 10 heteroatoms. The molecule has 0 aliphatic carbocycles. The second-order valence-electron chi connectivity index (χ2n) is 7.08. The van der Waals surface area contributed by atoms with Crippen LogP contribution in [0.5, 0.6) is 0 Å². The molecular formula is C17H21BF3N2O4-. The van der Waals surface area contributed by atoms with Crippen LogP contribution in [0, 0.1) is 0 Å². The Hall–Kier alpha value is -2.65. The summed E-state index contributed by atoms with van der Waals surface area (Å²) in [5, 5.41) is 2.73. The zero-order valence-corrected chi connectivity index (χ0v) is 15.4. The minimum atomic E-state index is -5.19. The Labute approximate surface area is 154 Å². The van der Waals surface area contributed by atoms with E-state index >= 15 is 0 Å².